The second-order valence-electron chi connectivity index (χ2n) is 2.54. The lowest BCUT2D eigenvalue weighted by molar-refractivity contribution is -0.134. The van der Waals surface area contributed by atoms with Gasteiger partial charge in [0.1, 0.15) is 0 Å². The molecule has 0 aliphatic carbocycles. The van der Waals surface area contributed by atoms with Crippen molar-refractivity contribution < 1.29 is 35.9 Å². The van der Waals surface area contributed by atoms with Gasteiger partial charge in [-0.3, -0.25) is 4.79 Å². The summed E-state index contributed by atoms with van der Waals surface area (Å²) < 4.78 is 69.8. The quantitative estimate of drug-likeness (QED) is 0.647. The van der Waals surface area contributed by atoms with Crippen LogP contribution < -0.4 is 4.72 Å². The van der Waals surface area contributed by atoms with E-state index in [9.17, 15) is 30.8 Å². The van der Waals surface area contributed by atoms with Crippen LogP contribution in [0.15, 0.2) is 0 Å². The minimum atomic E-state index is -4.52. The second-order valence-corrected chi connectivity index (χ2v) is 4.34. The highest BCUT2D eigenvalue weighted by Crippen LogP contribution is 2.21. The van der Waals surface area contributed by atoms with Crippen LogP contribution in [0, 0.1) is 0 Å². The molecule has 15 heavy (non-hydrogen) atoms. The van der Waals surface area contributed by atoms with E-state index in [0.717, 1.165) is 4.72 Å². The molecule has 0 atom stereocenters. The van der Waals surface area contributed by atoms with Crippen molar-refractivity contribution in [1.29, 1.82) is 0 Å². The first kappa shape index (κ1) is 14.1. The van der Waals surface area contributed by atoms with Gasteiger partial charge >= 0.3 is 18.3 Å². The highest BCUT2D eigenvalue weighted by atomic mass is 32.2. The minimum absolute atomic E-state index is 1.07. The van der Waals surface area contributed by atoms with Crippen LogP contribution in [0.5, 0.6) is 0 Å². The summed E-state index contributed by atoms with van der Waals surface area (Å²) in [5, 5.41) is 8.03. The summed E-state index contributed by atoms with van der Waals surface area (Å²) >= 11 is 0. The fraction of sp³-hybridized carbons (Fsp3) is 0.800. The third-order valence-corrected chi connectivity index (χ3v) is 2.37. The Hall–Kier alpha value is -0.900. The Morgan fingerprint density at radius 2 is 1.87 bits per heavy atom. The summed E-state index contributed by atoms with van der Waals surface area (Å²) in [4.78, 5) is 9.92. The fourth-order valence-electron chi connectivity index (χ4n) is 0.497. The second kappa shape index (κ2) is 4.75. The lowest BCUT2D eigenvalue weighted by atomic mass is 10.4. The number of halogens is 4. The van der Waals surface area contributed by atoms with Crippen molar-refractivity contribution in [2.75, 3.05) is 12.3 Å². The Morgan fingerprint density at radius 3 is 2.20 bits per heavy atom. The van der Waals surface area contributed by atoms with Crippen LogP contribution in [0.4, 0.5) is 17.6 Å². The van der Waals surface area contributed by atoms with Crippen molar-refractivity contribution in [3.8, 4) is 0 Å². The van der Waals surface area contributed by atoms with Crippen LogP contribution >= 0.6 is 0 Å². The third kappa shape index (κ3) is 5.52. The molecular weight excluding hydrogens is 246 g/mol. The first-order valence-corrected chi connectivity index (χ1v) is 5.07. The molecule has 0 radical (unpaired) electrons. The summed E-state index contributed by atoms with van der Waals surface area (Å²) in [5.41, 5.74) is 0. The number of alkyl halides is 4. The smallest absolute Gasteiger partial charge is 0.320 e. The van der Waals surface area contributed by atoms with Crippen LogP contribution in [-0.4, -0.2) is 44.1 Å². The van der Waals surface area contributed by atoms with Crippen molar-refractivity contribution in [1.82, 2.24) is 4.72 Å². The van der Waals surface area contributed by atoms with Crippen molar-refractivity contribution in [2.45, 2.75) is 12.3 Å². The molecule has 0 amide bonds. The molecule has 0 heterocycles. The molecule has 0 rings (SSSR count). The molecule has 0 spiro atoms. The van der Waals surface area contributed by atoms with Crippen LogP contribution in [0.2, 0.25) is 0 Å². The van der Waals surface area contributed by atoms with E-state index in [4.69, 9.17) is 5.11 Å². The van der Waals surface area contributed by atoms with E-state index in [1.807, 2.05) is 0 Å². The SMILES string of the molecule is O=C(O)CS(=O)(=O)NCC(F)(F)C(F)F. The van der Waals surface area contributed by atoms with Gasteiger partial charge in [-0.05, 0) is 0 Å². The van der Waals surface area contributed by atoms with E-state index < -0.39 is 40.6 Å². The van der Waals surface area contributed by atoms with E-state index in [1.54, 1.807) is 0 Å². The maximum Gasteiger partial charge on any atom is 0.320 e. The standard InChI is InChI=1S/C5H7F4NO4S/c6-4(7)5(8,9)2-10-15(13,14)1-3(11)12/h4,10H,1-2H2,(H,11,12). The molecule has 0 unspecified atom stereocenters. The molecule has 2 N–H and O–H groups in total. The first-order valence-electron chi connectivity index (χ1n) is 3.42. The predicted molar refractivity (Wildman–Crippen MR) is 40.4 cm³/mol. The number of rotatable bonds is 6. The molecule has 5 nitrogen and oxygen atoms in total. The van der Waals surface area contributed by atoms with Gasteiger partial charge in [0.05, 0.1) is 6.54 Å². The van der Waals surface area contributed by atoms with Gasteiger partial charge in [0.25, 0.3) is 0 Å². The number of sulfonamides is 1. The molecule has 0 aromatic rings. The monoisotopic (exact) mass is 253 g/mol. The molecule has 90 valence electrons. The highest BCUT2D eigenvalue weighted by Gasteiger charge is 2.41. The topological polar surface area (TPSA) is 83.5 Å². The van der Waals surface area contributed by atoms with E-state index in [0.29, 0.717) is 0 Å². The average Bonchev–Trinajstić information content (AvgIpc) is 1.98. The molecule has 0 saturated carbocycles. The molecular formula is C5H7F4NO4S. The number of hydrogen-bond donors (Lipinski definition) is 2. The van der Waals surface area contributed by atoms with Crippen molar-refractivity contribution in [3.63, 3.8) is 0 Å². The maximum absolute atomic E-state index is 12.2. The van der Waals surface area contributed by atoms with E-state index in [-0.39, 0.29) is 0 Å². The summed E-state index contributed by atoms with van der Waals surface area (Å²) in [6.07, 6.45) is -4.02. The molecule has 0 aliphatic heterocycles. The summed E-state index contributed by atoms with van der Waals surface area (Å²) in [6, 6.07) is 0. The number of nitrogens with one attached hydrogen (secondary N) is 1. The number of carboxylic acid groups (broad SMARTS) is 1. The molecule has 0 aromatic heterocycles. The van der Waals surface area contributed by atoms with Gasteiger partial charge in [-0.1, -0.05) is 0 Å². The van der Waals surface area contributed by atoms with Crippen LogP contribution in [0.25, 0.3) is 0 Å². The molecule has 10 heteroatoms. The van der Waals surface area contributed by atoms with Gasteiger partial charge in [-0.25, -0.2) is 21.9 Å². The van der Waals surface area contributed by atoms with E-state index in [2.05, 4.69) is 0 Å². The van der Waals surface area contributed by atoms with Gasteiger partial charge in [0.15, 0.2) is 5.75 Å². The van der Waals surface area contributed by atoms with Crippen LogP contribution in [0.1, 0.15) is 0 Å². The van der Waals surface area contributed by atoms with Gasteiger partial charge in [0, 0.05) is 0 Å². The number of carbonyl (C=O) groups is 1. The lowest BCUT2D eigenvalue weighted by Gasteiger charge is -2.15. The summed E-state index contributed by atoms with van der Waals surface area (Å²) in [6.45, 7) is -1.83. The van der Waals surface area contributed by atoms with Gasteiger partial charge in [-0.15, -0.1) is 0 Å². The molecule has 0 aromatic carbocycles. The number of carboxylic acids is 1. The van der Waals surface area contributed by atoms with E-state index >= 15 is 0 Å². The Balaban J connectivity index is 4.33. The van der Waals surface area contributed by atoms with Crippen LogP contribution in [-0.2, 0) is 14.8 Å². The summed E-state index contributed by atoms with van der Waals surface area (Å²) in [5.74, 6) is -7.75. The highest BCUT2D eigenvalue weighted by molar-refractivity contribution is 7.90. The fourth-order valence-corrected chi connectivity index (χ4v) is 1.34. The summed E-state index contributed by atoms with van der Waals surface area (Å²) in [7, 11) is -4.51. The zero-order chi connectivity index (χ0) is 12.3. The minimum Gasteiger partial charge on any atom is -0.480 e. The molecule has 0 saturated heterocycles. The van der Waals surface area contributed by atoms with Crippen molar-refractivity contribution in [2.24, 2.45) is 0 Å². The molecule has 0 bridgehead atoms. The van der Waals surface area contributed by atoms with Gasteiger partial charge in [-0.2, -0.15) is 8.78 Å². The third-order valence-electron chi connectivity index (χ3n) is 1.16. The van der Waals surface area contributed by atoms with Gasteiger partial charge in [0.2, 0.25) is 10.0 Å². The Kier molecular flexibility index (Phi) is 4.46. The van der Waals surface area contributed by atoms with Crippen molar-refractivity contribution in [3.05, 3.63) is 0 Å². The predicted octanol–water partition coefficient (Wildman–Crippen LogP) is -0.109. The Labute approximate surface area is 82.1 Å². The normalized spacial score (nSPS) is 13.1. The Bertz CT molecular complexity index is 328. The molecule has 0 fully saturated rings. The zero-order valence-corrected chi connectivity index (χ0v) is 7.90. The number of aliphatic carboxylic acids is 1. The maximum atomic E-state index is 12.2. The van der Waals surface area contributed by atoms with Crippen molar-refractivity contribution >= 4 is 16.0 Å². The first-order chi connectivity index (χ1) is 6.57. The average molecular weight is 253 g/mol. The molecule has 0 aliphatic rings. The largest absolute Gasteiger partial charge is 0.480 e. The Morgan fingerprint density at radius 1 is 1.40 bits per heavy atom. The van der Waals surface area contributed by atoms with Gasteiger partial charge < -0.3 is 5.11 Å². The van der Waals surface area contributed by atoms with E-state index in [1.165, 1.54) is 0 Å². The van der Waals surface area contributed by atoms with Crippen LogP contribution in [0.3, 0.4) is 0 Å². The number of hydrogen-bond acceptors (Lipinski definition) is 3. The zero-order valence-electron chi connectivity index (χ0n) is 7.08. The lowest BCUT2D eigenvalue weighted by Crippen LogP contribution is -2.42.